The van der Waals surface area contributed by atoms with Gasteiger partial charge in [-0.15, -0.1) is 6.08 Å². The first-order valence-corrected chi connectivity index (χ1v) is 31.0. The summed E-state index contributed by atoms with van der Waals surface area (Å²) in [5.41, 5.74) is 0. The molecule has 0 aromatic heterocycles. The fourth-order valence-electron chi connectivity index (χ4n) is 10.9. The maximum absolute atomic E-state index is 13.8. The molecule has 0 spiro atoms. The van der Waals surface area contributed by atoms with Crippen LogP contribution in [0.3, 0.4) is 0 Å². The van der Waals surface area contributed by atoms with Crippen molar-refractivity contribution in [3.8, 4) is 0 Å². The molecule has 3 fully saturated rings. The number of carboxylic acids is 1. The molecule has 24 heteroatoms. The number of carboxylic acid groups (broad SMARTS) is 1. The second-order valence-electron chi connectivity index (χ2n) is 22.8. The molecule has 23 nitrogen and oxygen atoms in total. The number of rotatable bonds is 45. The molecular weight excluding hydrogens is 1100 g/mol. The van der Waals surface area contributed by atoms with E-state index in [9.17, 15) is 76.0 Å². The molecule has 0 aromatic carbocycles. The van der Waals surface area contributed by atoms with Gasteiger partial charge in [-0.2, -0.15) is 0 Å². The Morgan fingerprint density at radius 1 is 0.687 bits per heavy atom. The number of allylic oxidation sites excluding steroid dienone is 1. The van der Waals surface area contributed by atoms with Crippen molar-refractivity contribution in [1.29, 1.82) is 0 Å². The van der Waals surface area contributed by atoms with Crippen molar-refractivity contribution in [3.05, 3.63) is 12.2 Å². The Bertz CT molecular complexity index is 1750. The second kappa shape index (κ2) is 44.0. The average molecular weight is 1200 g/mol. The minimum atomic E-state index is -3.10. The maximum Gasteiger partial charge on any atom is 1.00 e. The van der Waals surface area contributed by atoms with Crippen LogP contribution in [0.2, 0.25) is 0 Å². The third kappa shape index (κ3) is 27.4. The zero-order valence-electron chi connectivity index (χ0n) is 50.3. The first kappa shape index (κ1) is 77.6. The van der Waals surface area contributed by atoms with Crippen molar-refractivity contribution >= 4 is 17.8 Å². The number of hydrogen-bond donors (Lipinski definition) is 12. The molecule has 0 bridgehead atoms. The van der Waals surface area contributed by atoms with E-state index < -0.39 is 155 Å². The zero-order chi connectivity index (χ0) is 60.5. The minimum Gasteiger partial charge on any atom is -0.862 e. The smallest absolute Gasteiger partial charge is 0.862 e. The molecule has 83 heavy (non-hydrogen) atoms. The maximum atomic E-state index is 13.8. The number of carbonyl (C=O) groups excluding carboxylic acids is 1. The van der Waals surface area contributed by atoms with Crippen LogP contribution in [-0.2, 0) is 38.0 Å². The van der Waals surface area contributed by atoms with Gasteiger partial charge in [-0.3, -0.25) is 9.79 Å². The van der Waals surface area contributed by atoms with Gasteiger partial charge in [-0.25, -0.2) is 4.79 Å². The average Bonchev–Trinajstić information content (AvgIpc) is 3.65. The predicted octanol–water partition coefficient (Wildman–Crippen LogP) is -0.820. The molecule has 0 aliphatic carbocycles. The summed E-state index contributed by atoms with van der Waals surface area (Å²) < 4.78 is 34.5. The third-order valence-electron chi connectivity index (χ3n) is 15.9. The number of carbonyl (C=O) groups is 2. The number of nitrogens with zero attached hydrogens (tertiary/aromatic N) is 1. The van der Waals surface area contributed by atoms with Crippen molar-refractivity contribution in [3.63, 3.8) is 0 Å². The van der Waals surface area contributed by atoms with E-state index >= 15 is 0 Å². The van der Waals surface area contributed by atoms with Crippen LogP contribution in [0, 0.1) is 0 Å². The Kier molecular flexibility index (Phi) is 41.1. The van der Waals surface area contributed by atoms with Gasteiger partial charge in [0.05, 0.1) is 32.5 Å². The number of aliphatic imine (C=N–C) groups is 1. The quantitative estimate of drug-likeness (QED) is 0.0117. The molecule has 0 saturated carbocycles. The molecule has 1 amide bonds. The van der Waals surface area contributed by atoms with Crippen molar-refractivity contribution in [2.24, 2.45) is 4.99 Å². The molecule has 3 saturated heterocycles. The second-order valence-corrected chi connectivity index (χ2v) is 22.8. The summed E-state index contributed by atoms with van der Waals surface area (Å²) in [6.45, 7) is 1.93. The summed E-state index contributed by atoms with van der Waals surface area (Å²) in [4.78, 5) is 30.0. The molecule has 0 aromatic rings. The summed E-state index contributed by atoms with van der Waals surface area (Å²) >= 11 is 0. The van der Waals surface area contributed by atoms with Crippen LogP contribution in [0.25, 0.3) is 0 Å². The van der Waals surface area contributed by atoms with E-state index in [-0.39, 0.29) is 41.9 Å². The van der Waals surface area contributed by atoms with Crippen molar-refractivity contribution in [2.75, 3.05) is 26.4 Å². The number of ether oxygens (including phenoxy) is 6. The monoisotopic (exact) mass is 1200 g/mol. The van der Waals surface area contributed by atoms with Crippen LogP contribution < -0.4 is 45.1 Å². The van der Waals surface area contributed by atoms with Crippen LogP contribution in [0.1, 0.15) is 207 Å². The van der Waals surface area contributed by atoms with Gasteiger partial charge in [-0.1, -0.05) is 180 Å². The summed E-state index contributed by atoms with van der Waals surface area (Å²) in [5.74, 6) is -6.35. The van der Waals surface area contributed by atoms with Gasteiger partial charge in [0.1, 0.15) is 73.2 Å². The van der Waals surface area contributed by atoms with Crippen molar-refractivity contribution in [1.82, 2.24) is 5.32 Å². The van der Waals surface area contributed by atoms with Crippen LogP contribution >= 0.6 is 0 Å². The SMILES string of the molecule is CCCCCCCCCCCCC/C=C/[C@@H]([O-])[C@H](CO[C@@H]1O[C@@H](CO)[C@@H](O[C@@H]2OC(CO)[C@@H](O)[C@H](O[C@]3(C(=O)O)CC(O)[C@@H](N=C(C)[O-])C([C@@H](O)[C@H](O)CO)O3)C2O)C(O)C1O)NC(=O)CCCCCCCCCCCCCCCCC.[Na+]. The molecule has 480 valence electrons. The molecule has 0 radical (unpaired) electrons. The normalized spacial score (nSPS) is 30.2. The number of amides is 1. The predicted molar refractivity (Wildman–Crippen MR) is 299 cm³/mol. The molecule has 3 heterocycles. The molecule has 12 N–H and O–H groups in total. The molecular formula is C59H106N2NaO21-. The Balaban J connectivity index is 0.0000235. The van der Waals surface area contributed by atoms with E-state index in [1.54, 1.807) is 6.08 Å². The van der Waals surface area contributed by atoms with Gasteiger partial charge < -0.3 is 100 Å². The third-order valence-corrected chi connectivity index (χ3v) is 15.9. The van der Waals surface area contributed by atoms with E-state index in [1.807, 2.05) is 0 Å². The number of aliphatic hydroxyl groups excluding tert-OH is 10. The fraction of sp³-hybridized carbons (Fsp3) is 0.915. The molecule has 6 unspecified atom stereocenters. The molecule has 3 aliphatic heterocycles. The number of aliphatic hydroxyl groups is 10. The van der Waals surface area contributed by atoms with Crippen LogP contribution in [-0.4, -0.2) is 210 Å². The minimum absolute atomic E-state index is 0. The first-order valence-electron chi connectivity index (χ1n) is 31.0. The van der Waals surface area contributed by atoms with E-state index in [0.717, 1.165) is 58.3 Å². The van der Waals surface area contributed by atoms with Crippen LogP contribution in [0.5, 0.6) is 0 Å². The summed E-state index contributed by atoms with van der Waals surface area (Å²) in [5, 5.41) is 147. The Labute approximate surface area is 514 Å². The molecule has 18 atom stereocenters. The van der Waals surface area contributed by atoms with Gasteiger partial charge in [0.25, 0.3) is 5.79 Å². The van der Waals surface area contributed by atoms with E-state index in [1.165, 1.54) is 115 Å². The molecule has 3 aliphatic rings. The fourth-order valence-corrected chi connectivity index (χ4v) is 10.9. The number of nitrogens with one attached hydrogen (secondary N) is 1. The number of aliphatic carboxylic acids is 1. The number of hydrogen-bond acceptors (Lipinski definition) is 21. The van der Waals surface area contributed by atoms with E-state index in [2.05, 4.69) is 24.2 Å². The summed E-state index contributed by atoms with van der Waals surface area (Å²) in [6.07, 6.45) is 4.47. The summed E-state index contributed by atoms with van der Waals surface area (Å²) in [6, 6.07) is -2.85. The van der Waals surface area contributed by atoms with Crippen molar-refractivity contribution in [2.45, 2.75) is 317 Å². The summed E-state index contributed by atoms with van der Waals surface area (Å²) in [7, 11) is 0. The van der Waals surface area contributed by atoms with Gasteiger partial charge in [0, 0.05) is 18.9 Å². The van der Waals surface area contributed by atoms with Gasteiger partial charge in [0.15, 0.2) is 12.6 Å². The molecule has 3 rings (SSSR count). The van der Waals surface area contributed by atoms with Gasteiger partial charge in [-0.05, 0) is 32.1 Å². The first-order chi connectivity index (χ1) is 39.4. The Hall–Kier alpha value is -1.53. The standard InChI is InChI=1S/C59H107N2O21.Na/c1-4-6-8-10-12-14-16-18-19-21-23-25-27-29-31-33-46(69)61-40(41(66)32-30-28-26-24-22-20-17-15-13-11-9-7-5-2)38-77-56-51(73)50(72)53(45(37-64)79-56)80-57-52(74)55(49(71)44(36-63)78-57)82-59(58(75)76)34-42(67)47(60-39(3)65)54(81-59)48(70)43(68)35-62;/h30,32,40-45,47-57,62-64,67-68,70-74H,4-29,31,33-38H2,1-3H3,(H,60,65)(H,61,69)(H,75,76);/q-1;+1/p-1/b32-30+;/t40-,41+,42?,43+,44?,45-,47+,48-,49+,50?,51?,52?,53+,54?,55-,56+,57-,59-;/m0./s1. The van der Waals surface area contributed by atoms with E-state index in [4.69, 9.17) is 28.4 Å². The Morgan fingerprint density at radius 2 is 1.18 bits per heavy atom. The van der Waals surface area contributed by atoms with Gasteiger partial charge in [0.2, 0.25) is 5.91 Å². The topological polar surface area (TPSA) is 383 Å². The Morgan fingerprint density at radius 3 is 1.66 bits per heavy atom. The largest absolute Gasteiger partial charge is 1.00 e. The zero-order valence-corrected chi connectivity index (χ0v) is 52.3. The van der Waals surface area contributed by atoms with Gasteiger partial charge >= 0.3 is 35.5 Å². The van der Waals surface area contributed by atoms with Crippen molar-refractivity contribution < 1.29 is 134 Å². The van der Waals surface area contributed by atoms with Crippen LogP contribution in [0.15, 0.2) is 17.1 Å². The number of unbranched alkanes of at least 4 members (excludes halogenated alkanes) is 25. The van der Waals surface area contributed by atoms with Crippen LogP contribution in [0.4, 0.5) is 0 Å². The van der Waals surface area contributed by atoms with E-state index in [0.29, 0.717) is 12.8 Å².